The van der Waals surface area contributed by atoms with Crippen LogP contribution < -0.4 is 4.90 Å². The number of nitrogens with one attached hydrogen (secondary N) is 1. The number of aromatic nitrogens is 2. The van der Waals surface area contributed by atoms with Gasteiger partial charge in [0, 0.05) is 57.3 Å². The molecule has 4 rings (SSSR count). The summed E-state index contributed by atoms with van der Waals surface area (Å²) in [6, 6.07) is 3.95. The third kappa shape index (κ3) is 3.99. The van der Waals surface area contributed by atoms with Crippen LogP contribution in [0.2, 0.25) is 5.02 Å². The summed E-state index contributed by atoms with van der Waals surface area (Å²) in [6.07, 6.45) is 2.96. The predicted octanol–water partition coefficient (Wildman–Crippen LogP) is 2.11. The zero-order chi connectivity index (χ0) is 21.5. The highest BCUT2D eigenvalue weighted by Gasteiger charge is 2.27. The molecule has 2 aliphatic heterocycles. The van der Waals surface area contributed by atoms with Gasteiger partial charge in [0.05, 0.1) is 28.4 Å². The fraction of sp³-hybridized carbons (Fsp3) is 0.500. The van der Waals surface area contributed by atoms with Gasteiger partial charge in [-0.3, -0.25) is 14.8 Å². The Balaban J connectivity index is 1.52. The molecule has 8 nitrogen and oxygen atoms in total. The van der Waals surface area contributed by atoms with Gasteiger partial charge in [0.25, 0.3) is 0 Å². The number of anilines is 1. The molecule has 1 N–H and O–H groups in total. The number of rotatable bonds is 5. The molecular formula is C20H26ClN5O3S. The number of aromatic amines is 1. The van der Waals surface area contributed by atoms with Crippen molar-refractivity contribution >= 4 is 33.2 Å². The molecule has 1 saturated heterocycles. The maximum atomic E-state index is 12.1. The van der Waals surface area contributed by atoms with Gasteiger partial charge in [0.2, 0.25) is 15.9 Å². The molecule has 3 heterocycles. The molecule has 0 saturated carbocycles. The van der Waals surface area contributed by atoms with Gasteiger partial charge >= 0.3 is 0 Å². The van der Waals surface area contributed by atoms with E-state index in [0.717, 1.165) is 28.1 Å². The minimum Gasteiger partial charge on any atom is -0.314 e. The highest BCUT2D eigenvalue weighted by atomic mass is 35.5. The van der Waals surface area contributed by atoms with E-state index in [1.54, 1.807) is 23.2 Å². The number of halogens is 1. The van der Waals surface area contributed by atoms with Gasteiger partial charge in [-0.25, -0.2) is 8.42 Å². The van der Waals surface area contributed by atoms with Crippen molar-refractivity contribution in [1.29, 1.82) is 0 Å². The number of amides is 1. The molecule has 0 bridgehead atoms. The van der Waals surface area contributed by atoms with Crippen molar-refractivity contribution < 1.29 is 13.2 Å². The summed E-state index contributed by atoms with van der Waals surface area (Å²) in [5.74, 6) is 0.210. The van der Waals surface area contributed by atoms with Gasteiger partial charge in [0.1, 0.15) is 0 Å². The van der Waals surface area contributed by atoms with E-state index >= 15 is 0 Å². The lowest BCUT2D eigenvalue weighted by atomic mass is 9.97. The molecule has 1 aromatic carbocycles. The van der Waals surface area contributed by atoms with Crippen LogP contribution in [0.4, 0.5) is 5.69 Å². The fourth-order valence-electron chi connectivity index (χ4n) is 4.17. The number of hydrogen-bond acceptors (Lipinski definition) is 5. The molecule has 1 aromatic heterocycles. The van der Waals surface area contributed by atoms with Crippen molar-refractivity contribution in [1.82, 2.24) is 19.4 Å². The van der Waals surface area contributed by atoms with Crippen LogP contribution in [0.3, 0.4) is 0 Å². The largest absolute Gasteiger partial charge is 0.314 e. The van der Waals surface area contributed by atoms with Crippen molar-refractivity contribution in [2.24, 2.45) is 0 Å². The van der Waals surface area contributed by atoms with E-state index in [0.29, 0.717) is 50.6 Å². The van der Waals surface area contributed by atoms with Gasteiger partial charge in [0.15, 0.2) is 0 Å². The van der Waals surface area contributed by atoms with Gasteiger partial charge in [-0.15, -0.1) is 0 Å². The fourth-order valence-corrected chi connectivity index (χ4v) is 5.62. The quantitative estimate of drug-likeness (QED) is 0.751. The van der Waals surface area contributed by atoms with E-state index in [9.17, 15) is 13.2 Å². The molecule has 0 radical (unpaired) electrons. The smallest absolute Gasteiger partial charge is 0.227 e. The second-order valence-electron chi connectivity index (χ2n) is 7.76. The van der Waals surface area contributed by atoms with Crippen molar-refractivity contribution in [3.05, 3.63) is 34.5 Å². The Kier molecular flexibility index (Phi) is 5.89. The Morgan fingerprint density at radius 2 is 1.90 bits per heavy atom. The average molecular weight is 452 g/mol. The van der Waals surface area contributed by atoms with E-state index < -0.39 is 10.0 Å². The van der Waals surface area contributed by atoms with Crippen LogP contribution in [0, 0.1) is 0 Å². The first kappa shape index (κ1) is 21.3. The summed E-state index contributed by atoms with van der Waals surface area (Å²) in [7, 11) is -1.38. The molecule has 2 aliphatic rings. The van der Waals surface area contributed by atoms with Crippen LogP contribution in [-0.4, -0.2) is 72.7 Å². The Bertz CT molecular complexity index is 1060. The Morgan fingerprint density at radius 1 is 1.17 bits per heavy atom. The first-order valence-electron chi connectivity index (χ1n) is 10.1. The van der Waals surface area contributed by atoms with Crippen molar-refractivity contribution in [3.8, 4) is 11.3 Å². The van der Waals surface area contributed by atoms with E-state index in [4.69, 9.17) is 11.6 Å². The normalized spacial score (nSPS) is 18.6. The number of carbonyl (C=O) groups excluding carboxylic acids is 1. The lowest BCUT2D eigenvalue weighted by molar-refractivity contribution is -0.118. The van der Waals surface area contributed by atoms with Crippen LogP contribution in [0.5, 0.6) is 0 Å². The summed E-state index contributed by atoms with van der Waals surface area (Å²) < 4.78 is 25.7. The van der Waals surface area contributed by atoms with Crippen LogP contribution in [-0.2, 0) is 27.8 Å². The van der Waals surface area contributed by atoms with Crippen molar-refractivity contribution in [3.63, 3.8) is 0 Å². The second-order valence-corrected chi connectivity index (χ2v) is 10.4. The lowest BCUT2D eigenvalue weighted by Crippen LogP contribution is -2.48. The Hall–Kier alpha value is -1.94. The first-order chi connectivity index (χ1) is 14.3. The number of hydrogen-bond donors (Lipinski definition) is 1. The zero-order valence-corrected chi connectivity index (χ0v) is 18.8. The topological polar surface area (TPSA) is 89.6 Å². The maximum absolute atomic E-state index is 12.1. The highest BCUT2D eigenvalue weighted by Crippen LogP contribution is 2.38. The molecule has 0 atom stereocenters. The summed E-state index contributed by atoms with van der Waals surface area (Å²) in [4.78, 5) is 15.9. The molecular weight excluding hydrogens is 426 g/mol. The lowest BCUT2D eigenvalue weighted by Gasteiger charge is -2.33. The predicted molar refractivity (Wildman–Crippen MR) is 117 cm³/mol. The van der Waals surface area contributed by atoms with E-state index in [1.807, 2.05) is 12.3 Å². The van der Waals surface area contributed by atoms with Gasteiger partial charge in [-0.1, -0.05) is 11.6 Å². The molecule has 1 fully saturated rings. The standard InChI is InChI=1S/C20H26ClN5O3S/c1-3-30(28,29)26-8-6-25(7-9-26)13-16-12-22-23-19(16)15-10-14-4-5-18(27)24(2)20(14)17(21)11-15/h10-12H,3-9,13H2,1-2H3,(H,22,23). The van der Waals surface area contributed by atoms with Gasteiger partial charge in [-0.05, 0) is 31.0 Å². The van der Waals surface area contributed by atoms with Crippen LogP contribution in [0.1, 0.15) is 24.5 Å². The molecule has 0 spiro atoms. The first-order valence-corrected chi connectivity index (χ1v) is 12.1. The van der Waals surface area contributed by atoms with Gasteiger partial charge < -0.3 is 4.90 Å². The third-order valence-electron chi connectivity index (χ3n) is 5.95. The van der Waals surface area contributed by atoms with E-state index in [1.165, 1.54) is 0 Å². The number of benzene rings is 1. The van der Waals surface area contributed by atoms with Crippen LogP contribution >= 0.6 is 11.6 Å². The number of carbonyl (C=O) groups is 1. The molecule has 1 amide bonds. The summed E-state index contributed by atoms with van der Waals surface area (Å²) in [5, 5.41) is 7.87. The molecule has 10 heteroatoms. The summed E-state index contributed by atoms with van der Waals surface area (Å²) >= 11 is 6.54. The number of piperazine rings is 1. The number of sulfonamides is 1. The second kappa shape index (κ2) is 8.30. The number of H-pyrrole nitrogens is 1. The molecule has 0 unspecified atom stereocenters. The highest BCUT2D eigenvalue weighted by molar-refractivity contribution is 7.89. The number of nitrogens with zero attached hydrogens (tertiary/aromatic N) is 4. The Morgan fingerprint density at radius 3 is 2.60 bits per heavy atom. The van der Waals surface area contributed by atoms with Crippen LogP contribution in [0.25, 0.3) is 11.3 Å². The average Bonchev–Trinajstić information content (AvgIpc) is 3.19. The van der Waals surface area contributed by atoms with Crippen molar-refractivity contribution in [2.75, 3.05) is 43.9 Å². The van der Waals surface area contributed by atoms with Gasteiger partial charge in [-0.2, -0.15) is 9.40 Å². The minimum absolute atomic E-state index is 0.0728. The Labute approximate surface area is 181 Å². The van der Waals surface area contributed by atoms with E-state index in [-0.39, 0.29) is 11.7 Å². The summed E-state index contributed by atoms with van der Waals surface area (Å²) in [5.41, 5.74) is 4.73. The summed E-state index contributed by atoms with van der Waals surface area (Å²) in [6.45, 7) is 4.74. The number of aryl methyl sites for hydroxylation is 1. The maximum Gasteiger partial charge on any atom is 0.227 e. The number of fused-ring (bicyclic) bond motifs is 1. The molecule has 0 aliphatic carbocycles. The molecule has 162 valence electrons. The minimum atomic E-state index is -3.13. The van der Waals surface area contributed by atoms with E-state index in [2.05, 4.69) is 21.2 Å². The van der Waals surface area contributed by atoms with Crippen LogP contribution in [0.15, 0.2) is 18.3 Å². The SMILES string of the molecule is CCS(=O)(=O)N1CCN(Cc2cn[nH]c2-c2cc(Cl)c3c(c2)CCC(=O)N3C)CC1. The molecule has 2 aromatic rings. The monoisotopic (exact) mass is 451 g/mol. The molecule has 30 heavy (non-hydrogen) atoms. The van der Waals surface area contributed by atoms with Crippen molar-refractivity contribution in [2.45, 2.75) is 26.3 Å². The third-order valence-corrected chi connectivity index (χ3v) is 8.12. The zero-order valence-electron chi connectivity index (χ0n) is 17.2.